The number of rotatable bonds is 3. The smallest absolute Gasteiger partial charge is 0.280 e. The number of aromatic nitrogens is 2. The van der Waals surface area contributed by atoms with Crippen LogP contribution >= 0.6 is 0 Å². The molecule has 0 saturated heterocycles. The maximum Gasteiger partial charge on any atom is 0.280 e. The van der Waals surface area contributed by atoms with E-state index in [9.17, 15) is 20.0 Å². The second kappa shape index (κ2) is 7.14. The van der Waals surface area contributed by atoms with Crippen LogP contribution in [0.2, 0.25) is 0 Å². The molecule has 1 heterocycles. The first-order chi connectivity index (χ1) is 12.9. The van der Waals surface area contributed by atoms with Gasteiger partial charge in [-0.1, -0.05) is 23.8 Å². The minimum absolute atomic E-state index is 0.0785. The van der Waals surface area contributed by atoms with Gasteiger partial charge in [0, 0.05) is 0 Å². The number of nitriles is 1. The fourth-order valence-corrected chi connectivity index (χ4v) is 2.59. The van der Waals surface area contributed by atoms with Crippen LogP contribution in [0.4, 0.5) is 0 Å². The van der Waals surface area contributed by atoms with Crippen molar-refractivity contribution in [2.75, 3.05) is 5.43 Å². The number of benzene rings is 2. The number of nitrogens with zero attached hydrogens (tertiary/aromatic N) is 3. The molecule has 27 heavy (non-hydrogen) atoms. The molecule has 0 aliphatic heterocycles. The molecule has 0 atom stereocenters. The largest absolute Gasteiger partial charge is 0.508 e. The molecule has 1 aromatic heterocycles. The number of nitrogens with one attached hydrogen (secondary N) is 1. The lowest BCUT2D eigenvalue weighted by atomic mass is 10.1. The highest BCUT2D eigenvalue weighted by Crippen LogP contribution is 2.13. The van der Waals surface area contributed by atoms with Gasteiger partial charge < -0.3 is 5.11 Å². The summed E-state index contributed by atoms with van der Waals surface area (Å²) < 4.78 is 1.03. The molecule has 1 amide bonds. The number of carbonyl (C=O) groups is 1. The van der Waals surface area contributed by atoms with E-state index in [-0.39, 0.29) is 11.3 Å². The van der Waals surface area contributed by atoms with E-state index in [1.807, 2.05) is 19.1 Å². The molecule has 0 unspecified atom stereocenters. The van der Waals surface area contributed by atoms with E-state index < -0.39 is 11.5 Å². The Morgan fingerprint density at radius 1 is 1.22 bits per heavy atom. The fourth-order valence-electron chi connectivity index (χ4n) is 2.59. The van der Waals surface area contributed by atoms with Crippen molar-refractivity contribution in [1.82, 2.24) is 9.66 Å². The van der Waals surface area contributed by atoms with Gasteiger partial charge in [-0.3, -0.25) is 15.0 Å². The van der Waals surface area contributed by atoms with Crippen LogP contribution in [-0.4, -0.2) is 20.7 Å². The third-order valence-electron chi connectivity index (χ3n) is 3.97. The zero-order valence-electron chi connectivity index (χ0n) is 14.7. The van der Waals surface area contributed by atoms with Crippen molar-refractivity contribution >= 4 is 22.9 Å². The van der Waals surface area contributed by atoms with Gasteiger partial charge in [0.1, 0.15) is 23.2 Å². The number of aromatic hydroxyl groups is 1. The lowest BCUT2D eigenvalue weighted by Crippen LogP contribution is -2.36. The molecule has 0 aliphatic carbocycles. The number of aryl methyl sites for hydroxylation is 2. The van der Waals surface area contributed by atoms with Crippen LogP contribution in [0.15, 0.2) is 52.8 Å². The Kier molecular flexibility index (Phi) is 4.73. The van der Waals surface area contributed by atoms with Gasteiger partial charge in [0.05, 0.1) is 10.9 Å². The molecule has 0 fully saturated rings. The Morgan fingerprint density at radius 2 is 1.93 bits per heavy atom. The maximum absolute atomic E-state index is 12.7. The van der Waals surface area contributed by atoms with Crippen molar-refractivity contribution in [3.05, 3.63) is 75.3 Å². The number of hydrogen-bond acceptors (Lipinski definition) is 5. The average Bonchev–Trinajstić information content (AvgIpc) is 2.65. The third kappa shape index (κ3) is 3.70. The van der Waals surface area contributed by atoms with Gasteiger partial charge >= 0.3 is 0 Å². The van der Waals surface area contributed by atoms with Crippen molar-refractivity contribution < 1.29 is 9.90 Å². The number of phenols is 1. The van der Waals surface area contributed by atoms with Gasteiger partial charge in [0.2, 0.25) is 0 Å². The number of fused-ring (bicyclic) bond motifs is 1. The first-order valence-electron chi connectivity index (χ1n) is 8.11. The zero-order chi connectivity index (χ0) is 19.6. The molecular formula is C20H16N4O3. The van der Waals surface area contributed by atoms with Gasteiger partial charge in [-0.2, -0.15) is 5.26 Å². The Bertz CT molecular complexity index is 1170. The first-order valence-corrected chi connectivity index (χ1v) is 8.11. The summed E-state index contributed by atoms with van der Waals surface area (Å²) >= 11 is 0. The van der Waals surface area contributed by atoms with Crippen LogP contribution in [0, 0.1) is 25.2 Å². The van der Waals surface area contributed by atoms with Gasteiger partial charge in [0.15, 0.2) is 0 Å². The fraction of sp³-hybridized carbons (Fsp3) is 0.100. The number of phenolic OH excluding ortho intramolecular Hbond substituents is 1. The standard InChI is InChI=1S/C20H16N4O3/c1-12-3-8-18-17(9-12)20(27)24(13(2)22-18)23-19(26)15(11-21)10-14-4-6-16(25)7-5-14/h3-10,25H,1-2H3,(H,23,26)/b15-10+. The Balaban J connectivity index is 1.98. The lowest BCUT2D eigenvalue weighted by molar-refractivity contribution is -0.113. The molecule has 3 aromatic rings. The van der Waals surface area contributed by atoms with Gasteiger partial charge in [-0.25, -0.2) is 9.66 Å². The number of hydrogen-bond donors (Lipinski definition) is 2. The normalized spacial score (nSPS) is 11.2. The highest BCUT2D eigenvalue weighted by atomic mass is 16.3. The van der Waals surface area contributed by atoms with Gasteiger partial charge in [-0.15, -0.1) is 0 Å². The Labute approximate surface area is 154 Å². The van der Waals surface area contributed by atoms with Crippen LogP contribution in [0.3, 0.4) is 0 Å². The maximum atomic E-state index is 12.7. The number of carbonyl (C=O) groups excluding carboxylic acids is 1. The van der Waals surface area contributed by atoms with Crippen LogP contribution in [0.5, 0.6) is 5.75 Å². The molecular weight excluding hydrogens is 344 g/mol. The summed E-state index contributed by atoms with van der Waals surface area (Å²) in [5, 5.41) is 19.0. The van der Waals surface area contributed by atoms with Crippen molar-refractivity contribution in [2.45, 2.75) is 13.8 Å². The molecule has 3 rings (SSSR count). The first kappa shape index (κ1) is 17.9. The van der Waals surface area contributed by atoms with E-state index in [0.717, 1.165) is 10.2 Å². The molecule has 134 valence electrons. The molecule has 2 aromatic carbocycles. The van der Waals surface area contributed by atoms with Crippen molar-refractivity contribution in [2.24, 2.45) is 0 Å². The SMILES string of the molecule is Cc1ccc2nc(C)n(NC(=O)/C(C#N)=C/c3ccc(O)cc3)c(=O)c2c1. The summed E-state index contributed by atoms with van der Waals surface area (Å²) in [6.45, 7) is 3.45. The molecule has 2 N–H and O–H groups in total. The van der Waals surface area contributed by atoms with E-state index >= 15 is 0 Å². The molecule has 0 spiro atoms. The van der Waals surface area contributed by atoms with E-state index in [1.165, 1.54) is 18.2 Å². The summed E-state index contributed by atoms with van der Waals surface area (Å²) in [4.78, 5) is 29.5. The molecule has 0 radical (unpaired) electrons. The van der Waals surface area contributed by atoms with Crippen LogP contribution < -0.4 is 11.0 Å². The monoisotopic (exact) mass is 360 g/mol. The molecule has 0 aliphatic rings. The van der Waals surface area contributed by atoms with Crippen molar-refractivity contribution in [1.29, 1.82) is 5.26 Å². The minimum Gasteiger partial charge on any atom is -0.508 e. The summed E-state index contributed by atoms with van der Waals surface area (Å²) in [5.41, 5.74) is 3.83. The molecule has 0 bridgehead atoms. The summed E-state index contributed by atoms with van der Waals surface area (Å²) in [6, 6.07) is 13.1. The number of amides is 1. The molecule has 0 saturated carbocycles. The summed E-state index contributed by atoms with van der Waals surface area (Å²) in [7, 11) is 0. The average molecular weight is 360 g/mol. The second-order valence-corrected chi connectivity index (χ2v) is 6.02. The highest BCUT2D eigenvalue weighted by Gasteiger charge is 2.14. The van der Waals surface area contributed by atoms with E-state index in [4.69, 9.17) is 0 Å². The van der Waals surface area contributed by atoms with Crippen molar-refractivity contribution in [3.8, 4) is 11.8 Å². The predicted octanol–water partition coefficient (Wildman–Crippen LogP) is 2.40. The molecule has 7 nitrogen and oxygen atoms in total. The van der Waals surface area contributed by atoms with Crippen molar-refractivity contribution in [3.63, 3.8) is 0 Å². The minimum atomic E-state index is -0.732. The van der Waals surface area contributed by atoms with E-state index in [1.54, 1.807) is 31.2 Å². The summed E-state index contributed by atoms with van der Waals surface area (Å²) in [5.74, 6) is -0.356. The zero-order valence-corrected chi connectivity index (χ0v) is 14.7. The second-order valence-electron chi connectivity index (χ2n) is 6.02. The highest BCUT2D eigenvalue weighted by molar-refractivity contribution is 6.06. The van der Waals surface area contributed by atoms with Crippen LogP contribution in [0.1, 0.15) is 17.0 Å². The lowest BCUT2D eigenvalue weighted by Gasteiger charge is -2.12. The van der Waals surface area contributed by atoms with Gasteiger partial charge in [0.25, 0.3) is 11.5 Å². The van der Waals surface area contributed by atoms with E-state index in [2.05, 4.69) is 10.4 Å². The Morgan fingerprint density at radius 3 is 2.59 bits per heavy atom. The third-order valence-corrected chi connectivity index (χ3v) is 3.97. The van der Waals surface area contributed by atoms with Crippen LogP contribution in [-0.2, 0) is 4.79 Å². The topological polar surface area (TPSA) is 108 Å². The van der Waals surface area contributed by atoms with E-state index in [0.29, 0.717) is 22.3 Å². The van der Waals surface area contributed by atoms with Gasteiger partial charge in [-0.05, 0) is 49.8 Å². The quantitative estimate of drug-likeness (QED) is 0.551. The molecule has 7 heteroatoms. The predicted molar refractivity (Wildman–Crippen MR) is 102 cm³/mol. The Hall–Kier alpha value is -3.92. The summed E-state index contributed by atoms with van der Waals surface area (Å²) in [6.07, 6.45) is 1.37. The van der Waals surface area contributed by atoms with Crippen LogP contribution in [0.25, 0.3) is 17.0 Å².